The van der Waals surface area contributed by atoms with Crippen LogP contribution in [0.4, 0.5) is 5.69 Å². The van der Waals surface area contributed by atoms with E-state index in [0.717, 1.165) is 22.3 Å². The fourth-order valence-corrected chi connectivity index (χ4v) is 3.67. The Hall–Kier alpha value is -4.31. The largest absolute Gasteiger partial charge is 0.455 e. The van der Waals surface area contributed by atoms with Gasteiger partial charge in [-0.15, -0.1) is 6.42 Å². The lowest BCUT2D eigenvalue weighted by atomic mass is 10.1. The van der Waals surface area contributed by atoms with Gasteiger partial charge >= 0.3 is 5.97 Å². The first-order chi connectivity index (χ1) is 15.5. The summed E-state index contributed by atoms with van der Waals surface area (Å²) < 4.78 is 6.97. The molecule has 0 atom stereocenters. The molecular formula is C25H22N4O3. The van der Waals surface area contributed by atoms with Crippen molar-refractivity contribution < 1.29 is 14.3 Å². The number of carbonyl (C=O) groups excluding carboxylic acids is 2. The van der Waals surface area contributed by atoms with Crippen molar-refractivity contribution >= 4 is 28.5 Å². The average molecular weight is 426 g/mol. The van der Waals surface area contributed by atoms with Gasteiger partial charge in [0.2, 0.25) is 0 Å². The Morgan fingerprint density at radius 3 is 2.59 bits per heavy atom. The summed E-state index contributed by atoms with van der Waals surface area (Å²) >= 11 is 0. The summed E-state index contributed by atoms with van der Waals surface area (Å²) in [5, 5.41) is 8.16. The maximum absolute atomic E-state index is 12.4. The number of aryl methyl sites for hydroxylation is 1. The molecule has 0 saturated heterocycles. The predicted molar refractivity (Wildman–Crippen MR) is 123 cm³/mol. The number of para-hydroxylation sites is 2. The molecule has 4 rings (SSSR count). The van der Waals surface area contributed by atoms with E-state index in [1.54, 1.807) is 4.68 Å². The van der Waals surface area contributed by atoms with Gasteiger partial charge in [-0.1, -0.05) is 42.3 Å². The van der Waals surface area contributed by atoms with Gasteiger partial charge in [0.25, 0.3) is 5.91 Å². The third-order valence-electron chi connectivity index (χ3n) is 5.20. The maximum Gasteiger partial charge on any atom is 0.310 e. The number of hydrogen-bond donors (Lipinski definition) is 2. The Balaban J connectivity index is 1.41. The number of carbonyl (C=O) groups is 2. The van der Waals surface area contributed by atoms with E-state index in [-0.39, 0.29) is 6.42 Å². The number of terminal acetylenes is 1. The zero-order valence-corrected chi connectivity index (χ0v) is 17.8. The Kier molecular flexibility index (Phi) is 5.77. The van der Waals surface area contributed by atoms with Crippen molar-refractivity contribution in [2.75, 3.05) is 11.9 Å². The number of aromatic amines is 1. The van der Waals surface area contributed by atoms with Crippen molar-refractivity contribution in [2.45, 2.75) is 20.3 Å². The van der Waals surface area contributed by atoms with Crippen LogP contribution in [0.1, 0.15) is 22.6 Å². The quantitative estimate of drug-likeness (QED) is 0.364. The Bertz CT molecular complexity index is 1340. The van der Waals surface area contributed by atoms with Gasteiger partial charge in [-0.3, -0.25) is 9.59 Å². The number of H-pyrrole nitrogens is 1. The second-order valence-electron chi connectivity index (χ2n) is 7.35. The summed E-state index contributed by atoms with van der Waals surface area (Å²) in [6, 6.07) is 17.2. The molecule has 0 aliphatic carbocycles. The predicted octanol–water partition coefficient (Wildman–Crippen LogP) is 3.68. The highest BCUT2D eigenvalue weighted by Crippen LogP contribution is 2.24. The number of benzene rings is 2. The van der Waals surface area contributed by atoms with E-state index in [4.69, 9.17) is 11.2 Å². The second kappa shape index (κ2) is 8.82. The minimum atomic E-state index is -0.533. The number of anilines is 1. The molecule has 160 valence electrons. The number of aromatic nitrogens is 3. The number of fused-ring (bicyclic) bond motifs is 1. The van der Waals surface area contributed by atoms with Crippen LogP contribution in [0.5, 0.6) is 0 Å². The summed E-state index contributed by atoms with van der Waals surface area (Å²) in [6.45, 7) is 3.28. The minimum Gasteiger partial charge on any atom is -0.455 e. The van der Waals surface area contributed by atoms with E-state index in [1.807, 2.05) is 68.4 Å². The van der Waals surface area contributed by atoms with Gasteiger partial charge in [-0.05, 0) is 32.0 Å². The van der Waals surface area contributed by atoms with E-state index >= 15 is 0 Å². The molecule has 0 fully saturated rings. The van der Waals surface area contributed by atoms with Gasteiger partial charge in [0.05, 0.1) is 34.9 Å². The van der Waals surface area contributed by atoms with E-state index in [9.17, 15) is 9.59 Å². The first-order valence-corrected chi connectivity index (χ1v) is 10.1. The highest BCUT2D eigenvalue weighted by atomic mass is 16.5. The standard InChI is InChI=1S/C25H22N4O3/c1-4-21-20(19-12-8-9-13-22(19)26-21)14-24(31)32-15-23(30)27-25-16(2)28-29(17(25)3)18-10-6-5-7-11-18/h1,5-13,26H,14-15H2,2-3H3,(H,27,30). The maximum atomic E-state index is 12.4. The summed E-state index contributed by atoms with van der Waals surface area (Å²) in [4.78, 5) is 28.0. The fourth-order valence-electron chi connectivity index (χ4n) is 3.67. The van der Waals surface area contributed by atoms with Crippen molar-refractivity contribution in [3.05, 3.63) is 77.2 Å². The molecule has 0 bridgehead atoms. The number of ether oxygens (including phenoxy) is 1. The Labute approximate surface area is 185 Å². The van der Waals surface area contributed by atoms with Crippen molar-refractivity contribution in [1.29, 1.82) is 0 Å². The molecule has 2 aromatic heterocycles. The summed E-state index contributed by atoms with van der Waals surface area (Å²) in [7, 11) is 0. The van der Waals surface area contributed by atoms with Crippen molar-refractivity contribution in [3.63, 3.8) is 0 Å². The number of esters is 1. The Morgan fingerprint density at radius 2 is 1.84 bits per heavy atom. The zero-order valence-electron chi connectivity index (χ0n) is 17.8. The van der Waals surface area contributed by atoms with Crippen molar-refractivity contribution in [3.8, 4) is 18.0 Å². The summed E-state index contributed by atoms with van der Waals surface area (Å²) in [5.74, 6) is 1.59. The first-order valence-electron chi connectivity index (χ1n) is 10.1. The molecule has 2 aromatic carbocycles. The first kappa shape index (κ1) is 20.9. The number of hydrogen-bond acceptors (Lipinski definition) is 4. The minimum absolute atomic E-state index is 0.0270. The molecule has 0 unspecified atom stereocenters. The lowest BCUT2D eigenvalue weighted by molar-refractivity contribution is -0.146. The van der Waals surface area contributed by atoms with Gasteiger partial charge in [0, 0.05) is 16.5 Å². The lowest BCUT2D eigenvalue weighted by Gasteiger charge is -2.08. The molecule has 32 heavy (non-hydrogen) atoms. The lowest BCUT2D eigenvalue weighted by Crippen LogP contribution is -2.22. The SMILES string of the molecule is C#Cc1[nH]c2ccccc2c1CC(=O)OCC(=O)Nc1c(C)nn(-c2ccccc2)c1C. The van der Waals surface area contributed by atoms with Crippen LogP contribution in [0.2, 0.25) is 0 Å². The fraction of sp³-hybridized carbons (Fsp3) is 0.160. The summed E-state index contributed by atoms with van der Waals surface area (Å²) in [5.41, 5.74) is 5.01. The molecule has 4 aromatic rings. The highest BCUT2D eigenvalue weighted by Gasteiger charge is 2.18. The van der Waals surface area contributed by atoms with E-state index in [1.165, 1.54) is 0 Å². The second-order valence-corrected chi connectivity index (χ2v) is 7.35. The molecule has 7 nitrogen and oxygen atoms in total. The van der Waals surface area contributed by atoms with Gasteiger partial charge < -0.3 is 15.0 Å². The van der Waals surface area contributed by atoms with Crippen LogP contribution in [0, 0.1) is 26.2 Å². The molecular weight excluding hydrogens is 404 g/mol. The molecule has 2 heterocycles. The van der Waals surface area contributed by atoms with Crippen LogP contribution >= 0.6 is 0 Å². The van der Waals surface area contributed by atoms with Crippen LogP contribution in [0.25, 0.3) is 16.6 Å². The Morgan fingerprint density at radius 1 is 1.12 bits per heavy atom. The highest BCUT2D eigenvalue weighted by molar-refractivity contribution is 5.95. The van der Waals surface area contributed by atoms with Crippen LogP contribution in [0.3, 0.4) is 0 Å². The number of nitrogens with one attached hydrogen (secondary N) is 2. The molecule has 7 heteroatoms. The number of amides is 1. The van der Waals surface area contributed by atoms with Gasteiger partial charge in [0.1, 0.15) is 0 Å². The smallest absolute Gasteiger partial charge is 0.310 e. The number of rotatable bonds is 6. The van der Waals surface area contributed by atoms with Crippen LogP contribution < -0.4 is 5.32 Å². The topological polar surface area (TPSA) is 89.0 Å². The monoisotopic (exact) mass is 426 g/mol. The van der Waals surface area contributed by atoms with Crippen LogP contribution in [-0.4, -0.2) is 33.2 Å². The molecule has 0 radical (unpaired) electrons. The summed E-state index contributed by atoms with van der Waals surface area (Å²) in [6.07, 6.45) is 5.54. The third-order valence-corrected chi connectivity index (χ3v) is 5.20. The van der Waals surface area contributed by atoms with E-state index < -0.39 is 18.5 Å². The molecule has 0 aliphatic rings. The average Bonchev–Trinajstić information content (AvgIpc) is 3.30. The van der Waals surface area contributed by atoms with Crippen LogP contribution in [0.15, 0.2) is 54.6 Å². The van der Waals surface area contributed by atoms with Gasteiger partial charge in [-0.25, -0.2) is 4.68 Å². The van der Waals surface area contributed by atoms with Gasteiger partial charge in [0.15, 0.2) is 6.61 Å². The number of nitrogens with zero attached hydrogens (tertiary/aromatic N) is 2. The van der Waals surface area contributed by atoms with Gasteiger partial charge in [-0.2, -0.15) is 5.10 Å². The molecule has 2 N–H and O–H groups in total. The zero-order chi connectivity index (χ0) is 22.7. The molecule has 1 amide bonds. The van der Waals surface area contributed by atoms with E-state index in [0.29, 0.717) is 22.6 Å². The normalized spacial score (nSPS) is 10.7. The molecule has 0 saturated carbocycles. The van der Waals surface area contributed by atoms with Crippen molar-refractivity contribution in [1.82, 2.24) is 14.8 Å². The van der Waals surface area contributed by atoms with Crippen LogP contribution in [-0.2, 0) is 20.7 Å². The molecule has 0 aliphatic heterocycles. The molecule has 0 spiro atoms. The van der Waals surface area contributed by atoms with E-state index in [2.05, 4.69) is 21.3 Å². The third kappa shape index (κ3) is 4.12. The van der Waals surface area contributed by atoms with Crippen molar-refractivity contribution in [2.24, 2.45) is 0 Å².